The standard InChI is InChI=1S/C17H21N3O7S/c1-12(16(22)19-17(18)23)27-15(21)7-4-13-2-5-14(6-3-13)28(24,25)20-8-10-26-11-9-20/h2-7,12H,8-11H2,1H3,(H3,18,19,22,23)/b7-4+. The largest absolute Gasteiger partial charge is 0.449 e. The second-order valence-corrected chi connectivity index (χ2v) is 7.79. The Hall–Kier alpha value is -2.76. The van der Waals surface area contributed by atoms with Crippen LogP contribution in [-0.2, 0) is 29.1 Å². The number of primary amides is 1. The van der Waals surface area contributed by atoms with Crippen LogP contribution < -0.4 is 11.1 Å². The van der Waals surface area contributed by atoms with Crippen LogP contribution in [0.2, 0.25) is 0 Å². The van der Waals surface area contributed by atoms with Crippen molar-refractivity contribution in [1.82, 2.24) is 9.62 Å². The summed E-state index contributed by atoms with van der Waals surface area (Å²) in [5.74, 6) is -1.65. The summed E-state index contributed by atoms with van der Waals surface area (Å²) in [5, 5.41) is 1.80. The van der Waals surface area contributed by atoms with Crippen molar-refractivity contribution >= 4 is 34.0 Å². The van der Waals surface area contributed by atoms with Gasteiger partial charge in [0.15, 0.2) is 6.10 Å². The van der Waals surface area contributed by atoms with E-state index in [4.69, 9.17) is 15.2 Å². The maximum atomic E-state index is 12.5. The van der Waals surface area contributed by atoms with Crippen LogP contribution in [0.25, 0.3) is 6.08 Å². The molecule has 1 aromatic rings. The molecule has 0 spiro atoms. The van der Waals surface area contributed by atoms with Gasteiger partial charge in [0, 0.05) is 19.2 Å². The number of nitrogens with two attached hydrogens (primary N) is 1. The Morgan fingerprint density at radius 3 is 2.39 bits per heavy atom. The van der Waals surface area contributed by atoms with Crippen molar-refractivity contribution in [2.75, 3.05) is 26.3 Å². The Labute approximate surface area is 162 Å². The molecular formula is C17H21N3O7S. The van der Waals surface area contributed by atoms with Crippen molar-refractivity contribution in [3.8, 4) is 0 Å². The lowest BCUT2D eigenvalue weighted by atomic mass is 10.2. The van der Waals surface area contributed by atoms with Gasteiger partial charge >= 0.3 is 12.0 Å². The van der Waals surface area contributed by atoms with Crippen molar-refractivity contribution in [2.45, 2.75) is 17.9 Å². The molecule has 0 aliphatic carbocycles. The summed E-state index contributed by atoms with van der Waals surface area (Å²) >= 11 is 0. The molecule has 1 saturated heterocycles. The van der Waals surface area contributed by atoms with Gasteiger partial charge in [-0.25, -0.2) is 18.0 Å². The molecule has 28 heavy (non-hydrogen) atoms. The Balaban J connectivity index is 1.97. The number of hydrogen-bond donors (Lipinski definition) is 2. The fraction of sp³-hybridized carbons (Fsp3) is 0.353. The van der Waals surface area contributed by atoms with Crippen LogP contribution in [0.5, 0.6) is 0 Å². The van der Waals surface area contributed by atoms with Gasteiger partial charge in [0.1, 0.15) is 0 Å². The topological polar surface area (TPSA) is 145 Å². The van der Waals surface area contributed by atoms with Crippen LogP contribution in [0.1, 0.15) is 12.5 Å². The number of benzene rings is 1. The zero-order valence-electron chi connectivity index (χ0n) is 15.2. The predicted octanol–water partition coefficient (Wildman–Crippen LogP) is -0.153. The molecule has 1 aliphatic rings. The van der Waals surface area contributed by atoms with E-state index in [1.807, 2.05) is 0 Å². The second-order valence-electron chi connectivity index (χ2n) is 5.85. The molecule has 11 heteroatoms. The maximum Gasteiger partial charge on any atom is 0.331 e. The van der Waals surface area contributed by atoms with Crippen LogP contribution in [0.15, 0.2) is 35.2 Å². The van der Waals surface area contributed by atoms with Gasteiger partial charge < -0.3 is 15.2 Å². The first-order valence-corrected chi connectivity index (χ1v) is 9.81. The first kappa shape index (κ1) is 21.5. The number of urea groups is 1. The molecule has 1 aliphatic heterocycles. The predicted molar refractivity (Wildman–Crippen MR) is 98.3 cm³/mol. The number of nitrogens with one attached hydrogen (secondary N) is 1. The minimum Gasteiger partial charge on any atom is -0.449 e. The van der Waals surface area contributed by atoms with Crippen LogP contribution in [-0.4, -0.2) is 63.0 Å². The molecule has 0 bridgehead atoms. The smallest absolute Gasteiger partial charge is 0.331 e. The average Bonchev–Trinajstić information content (AvgIpc) is 2.67. The summed E-state index contributed by atoms with van der Waals surface area (Å²) in [6.07, 6.45) is 1.29. The van der Waals surface area contributed by atoms with Crippen LogP contribution >= 0.6 is 0 Å². The number of ether oxygens (including phenoxy) is 2. The molecule has 0 aromatic heterocycles. The summed E-state index contributed by atoms with van der Waals surface area (Å²) in [7, 11) is -3.59. The molecule has 1 heterocycles. The highest BCUT2D eigenvalue weighted by Gasteiger charge is 2.26. The number of sulfonamides is 1. The average molecular weight is 411 g/mol. The zero-order chi connectivity index (χ0) is 20.7. The van der Waals surface area contributed by atoms with E-state index in [1.165, 1.54) is 29.4 Å². The van der Waals surface area contributed by atoms with E-state index >= 15 is 0 Å². The van der Waals surface area contributed by atoms with Crippen molar-refractivity contribution in [3.63, 3.8) is 0 Å². The fourth-order valence-corrected chi connectivity index (χ4v) is 3.75. The third kappa shape index (κ3) is 5.87. The van der Waals surface area contributed by atoms with Crippen molar-refractivity contribution in [1.29, 1.82) is 0 Å². The van der Waals surface area contributed by atoms with E-state index in [0.717, 1.165) is 6.08 Å². The quantitative estimate of drug-likeness (QED) is 0.489. The monoisotopic (exact) mass is 411 g/mol. The Morgan fingerprint density at radius 2 is 1.82 bits per heavy atom. The van der Waals surface area contributed by atoms with E-state index in [1.54, 1.807) is 17.4 Å². The van der Waals surface area contributed by atoms with E-state index in [2.05, 4.69) is 0 Å². The van der Waals surface area contributed by atoms with Gasteiger partial charge in [-0.15, -0.1) is 0 Å². The SMILES string of the molecule is CC(OC(=O)/C=C/c1ccc(S(=O)(=O)N2CCOCC2)cc1)C(=O)NC(N)=O. The number of morpholine rings is 1. The van der Waals surface area contributed by atoms with Gasteiger partial charge in [0.05, 0.1) is 18.1 Å². The first-order chi connectivity index (χ1) is 13.2. The van der Waals surface area contributed by atoms with Gasteiger partial charge in [-0.1, -0.05) is 12.1 Å². The van der Waals surface area contributed by atoms with E-state index < -0.39 is 34.0 Å². The van der Waals surface area contributed by atoms with Crippen molar-refractivity contribution in [3.05, 3.63) is 35.9 Å². The third-order valence-corrected chi connectivity index (χ3v) is 5.72. The third-order valence-electron chi connectivity index (χ3n) is 3.81. The number of carbonyl (C=O) groups is 3. The van der Waals surface area contributed by atoms with Crippen molar-refractivity contribution in [2.24, 2.45) is 5.73 Å². The second kappa shape index (κ2) is 9.44. The van der Waals surface area contributed by atoms with Crippen LogP contribution in [0.4, 0.5) is 4.79 Å². The number of rotatable bonds is 6. The lowest BCUT2D eigenvalue weighted by molar-refractivity contribution is -0.149. The van der Waals surface area contributed by atoms with Gasteiger partial charge in [-0.05, 0) is 30.7 Å². The molecule has 152 valence electrons. The molecule has 0 radical (unpaired) electrons. The Kier molecular flexibility index (Phi) is 7.26. The molecule has 2 rings (SSSR count). The minimum atomic E-state index is -3.59. The van der Waals surface area contributed by atoms with E-state index in [9.17, 15) is 22.8 Å². The van der Waals surface area contributed by atoms with Gasteiger partial charge in [0.25, 0.3) is 5.91 Å². The Bertz CT molecular complexity index is 859. The normalized spacial score (nSPS) is 16.5. The van der Waals surface area contributed by atoms with Gasteiger partial charge in [0.2, 0.25) is 10.0 Å². The number of imide groups is 1. The first-order valence-electron chi connectivity index (χ1n) is 8.37. The zero-order valence-corrected chi connectivity index (χ0v) is 16.0. The molecule has 3 amide bonds. The summed E-state index contributed by atoms with van der Waals surface area (Å²) < 4.78 is 36.4. The number of esters is 1. The number of hydrogen-bond acceptors (Lipinski definition) is 7. The van der Waals surface area contributed by atoms with E-state index in [0.29, 0.717) is 31.9 Å². The summed E-state index contributed by atoms with van der Waals surface area (Å²) in [6.45, 7) is 2.61. The molecule has 1 atom stereocenters. The molecule has 1 aromatic carbocycles. The van der Waals surface area contributed by atoms with Gasteiger partial charge in [-0.3, -0.25) is 10.1 Å². The highest BCUT2D eigenvalue weighted by molar-refractivity contribution is 7.89. The molecule has 10 nitrogen and oxygen atoms in total. The van der Waals surface area contributed by atoms with Crippen molar-refractivity contribution < 1.29 is 32.3 Å². The lowest BCUT2D eigenvalue weighted by Crippen LogP contribution is -2.42. The van der Waals surface area contributed by atoms with Gasteiger partial charge in [-0.2, -0.15) is 4.31 Å². The summed E-state index contributed by atoms with van der Waals surface area (Å²) in [4.78, 5) is 33.9. The highest BCUT2D eigenvalue weighted by atomic mass is 32.2. The summed E-state index contributed by atoms with van der Waals surface area (Å²) in [6, 6.07) is 4.92. The fourth-order valence-electron chi connectivity index (χ4n) is 2.34. The molecular weight excluding hydrogens is 390 g/mol. The molecule has 0 saturated carbocycles. The molecule has 1 unspecified atom stereocenters. The van der Waals surface area contributed by atoms with Crippen LogP contribution in [0.3, 0.4) is 0 Å². The number of amides is 3. The Morgan fingerprint density at radius 1 is 1.21 bits per heavy atom. The minimum absolute atomic E-state index is 0.144. The maximum absolute atomic E-state index is 12.5. The number of nitrogens with zero attached hydrogens (tertiary/aromatic N) is 1. The highest BCUT2D eigenvalue weighted by Crippen LogP contribution is 2.18. The lowest BCUT2D eigenvalue weighted by Gasteiger charge is -2.26. The molecule has 3 N–H and O–H groups in total. The molecule has 1 fully saturated rings. The summed E-state index contributed by atoms with van der Waals surface area (Å²) in [5.41, 5.74) is 5.37. The number of carbonyl (C=O) groups excluding carboxylic acids is 3. The van der Waals surface area contributed by atoms with E-state index in [-0.39, 0.29) is 4.90 Å². The van der Waals surface area contributed by atoms with Crippen LogP contribution in [0, 0.1) is 0 Å².